The zero-order valence-electron chi connectivity index (χ0n) is 22.6. The van der Waals surface area contributed by atoms with Crippen molar-refractivity contribution in [3.05, 3.63) is 40.6 Å². The molecule has 0 bridgehead atoms. The van der Waals surface area contributed by atoms with Gasteiger partial charge in [-0.3, -0.25) is 19.0 Å². The Morgan fingerprint density at radius 3 is 2.68 bits per heavy atom. The highest BCUT2D eigenvalue weighted by Gasteiger charge is 2.55. The second-order valence-electron chi connectivity index (χ2n) is 10.8. The molecule has 2 amide bonds. The summed E-state index contributed by atoms with van der Waals surface area (Å²) in [7, 11) is 2.06. The molecule has 1 aliphatic carbocycles. The van der Waals surface area contributed by atoms with Gasteiger partial charge in [-0.05, 0) is 33.1 Å². The van der Waals surface area contributed by atoms with Crippen LogP contribution < -0.4 is 11.1 Å². The third-order valence-electron chi connectivity index (χ3n) is 7.51. The van der Waals surface area contributed by atoms with Gasteiger partial charge in [0.25, 0.3) is 11.8 Å². The number of fused-ring (bicyclic) bond motifs is 1. The Balaban J connectivity index is 1.36. The second-order valence-corrected chi connectivity index (χ2v) is 12.7. The number of carboxylic acid groups (broad SMARTS) is 2. The number of amides is 2. The number of oxime groups is 1. The van der Waals surface area contributed by atoms with Crippen LogP contribution in [0.5, 0.6) is 0 Å². The number of carboxylic acids is 2. The number of β-lactam (4-membered cyclic amide) rings is 1. The summed E-state index contributed by atoms with van der Waals surface area (Å²) in [5.41, 5.74) is 6.59. The van der Waals surface area contributed by atoms with E-state index < -0.39 is 46.5 Å². The molecule has 0 spiro atoms. The predicted octanol–water partition coefficient (Wildman–Crippen LogP) is 1.24. The Morgan fingerprint density at radius 1 is 1.29 bits per heavy atom. The molecule has 0 saturated carbocycles. The van der Waals surface area contributed by atoms with E-state index in [1.165, 1.54) is 41.8 Å². The number of aromatic nitrogens is 2. The third kappa shape index (κ3) is 5.22. The maximum absolute atomic E-state index is 13.3. The second kappa shape index (κ2) is 10.6. The van der Waals surface area contributed by atoms with E-state index in [0.717, 1.165) is 37.2 Å². The monoisotopic (exact) mass is 604 g/mol. The molecular formula is C25H30N7O7S2+. The van der Waals surface area contributed by atoms with Gasteiger partial charge in [-0.15, -0.1) is 11.8 Å². The topological polar surface area (TPSA) is 197 Å². The standard InChI is InChI=1S/C25H29N7O7S2/c1-25(2,23(37)38)39-29-15(18-28-24(26)41-30-18)19(33)27-16-20(34)31-17(22(35)36)13(11-40-21(16)31)10-32(3)9-8-12-6-4-5-7-14(12)32/h8-9,16,21H,4-7,10-11H2,1-3H3,(H4-,26,27,28,30,33,35,36,37,38)/p+1/b29-15-/t16-,21-,32?/m1/s1. The fourth-order valence-electron chi connectivity index (χ4n) is 5.29. The summed E-state index contributed by atoms with van der Waals surface area (Å²) < 4.78 is 4.44. The van der Waals surface area contributed by atoms with Crippen LogP contribution in [0.15, 0.2) is 40.0 Å². The molecule has 1 unspecified atom stereocenters. The summed E-state index contributed by atoms with van der Waals surface area (Å²) in [6.45, 7) is 2.92. The highest BCUT2D eigenvalue weighted by molar-refractivity contribution is 8.00. The Bertz CT molecular complexity index is 1460. The van der Waals surface area contributed by atoms with Crippen LogP contribution in [0.2, 0.25) is 0 Å². The van der Waals surface area contributed by atoms with Crippen LogP contribution >= 0.6 is 23.3 Å². The van der Waals surface area contributed by atoms with Crippen molar-refractivity contribution in [3.8, 4) is 0 Å². The number of nitrogens with two attached hydrogens (primary N) is 1. The van der Waals surface area contributed by atoms with Crippen LogP contribution in [0.25, 0.3) is 0 Å². The molecule has 1 fully saturated rings. The van der Waals surface area contributed by atoms with Crippen molar-refractivity contribution in [3.63, 3.8) is 0 Å². The number of likely N-dealkylation sites (N-methyl/N-ethyl adjacent to an activating group) is 1. The number of nitrogens with zero attached hydrogens (tertiary/aromatic N) is 5. The number of thioether (sulfide) groups is 1. The number of carbonyl (C=O) groups excluding carboxylic acids is 2. The number of carbonyl (C=O) groups is 4. The van der Waals surface area contributed by atoms with Gasteiger partial charge in [-0.25, -0.2) is 9.59 Å². The summed E-state index contributed by atoms with van der Waals surface area (Å²) in [5, 5.41) is 25.1. The predicted molar refractivity (Wildman–Crippen MR) is 149 cm³/mol. The number of aliphatic carboxylic acids is 2. The first-order valence-electron chi connectivity index (χ1n) is 12.9. The molecule has 218 valence electrons. The molecule has 14 nitrogen and oxygen atoms in total. The summed E-state index contributed by atoms with van der Waals surface area (Å²) in [4.78, 5) is 60.6. The Kier molecular flexibility index (Phi) is 7.42. The molecule has 16 heteroatoms. The van der Waals surface area contributed by atoms with Crippen LogP contribution in [0.1, 0.15) is 45.4 Å². The lowest BCUT2D eigenvalue weighted by atomic mass is 9.96. The van der Waals surface area contributed by atoms with Crippen molar-refractivity contribution < 1.29 is 38.7 Å². The molecule has 0 radical (unpaired) electrons. The van der Waals surface area contributed by atoms with Crippen molar-refractivity contribution in [2.45, 2.75) is 56.5 Å². The fraction of sp³-hybridized carbons (Fsp3) is 0.480. The number of hydrogen-bond donors (Lipinski definition) is 4. The van der Waals surface area contributed by atoms with Gasteiger partial charge in [0.15, 0.2) is 5.13 Å². The lowest BCUT2D eigenvalue weighted by Crippen LogP contribution is -2.71. The number of nitrogens with one attached hydrogen (secondary N) is 1. The number of hydrogen-bond acceptors (Lipinski definition) is 11. The Morgan fingerprint density at radius 2 is 2.02 bits per heavy atom. The Hall–Kier alpha value is -3.76. The number of quaternary nitrogens is 1. The van der Waals surface area contributed by atoms with Crippen LogP contribution in [0.4, 0.5) is 5.13 Å². The van der Waals surface area contributed by atoms with E-state index in [0.29, 0.717) is 22.4 Å². The first-order valence-corrected chi connectivity index (χ1v) is 14.7. The molecule has 0 aromatic carbocycles. The first kappa shape index (κ1) is 28.8. The minimum absolute atomic E-state index is 0.0378. The fourth-order valence-corrected chi connectivity index (χ4v) is 7.06. The molecular weight excluding hydrogens is 574 g/mol. The highest BCUT2D eigenvalue weighted by Crippen LogP contribution is 2.43. The molecule has 4 aliphatic rings. The van der Waals surface area contributed by atoms with E-state index in [1.807, 2.05) is 0 Å². The number of rotatable bonds is 9. The smallest absolute Gasteiger partial charge is 0.352 e. The molecule has 4 heterocycles. The van der Waals surface area contributed by atoms with Gasteiger partial charge in [0.05, 0.1) is 7.05 Å². The zero-order valence-corrected chi connectivity index (χ0v) is 24.3. The molecule has 1 aromatic rings. The molecule has 5 rings (SSSR count). The molecule has 3 atom stereocenters. The van der Waals surface area contributed by atoms with Crippen LogP contribution in [0.3, 0.4) is 0 Å². The van der Waals surface area contributed by atoms with Gasteiger partial charge < -0.3 is 26.1 Å². The van der Waals surface area contributed by atoms with Crippen molar-refractivity contribution >= 4 is 57.9 Å². The van der Waals surface area contributed by atoms with Crippen molar-refractivity contribution in [1.29, 1.82) is 0 Å². The third-order valence-corrected chi connectivity index (χ3v) is 9.39. The molecule has 41 heavy (non-hydrogen) atoms. The molecule has 3 aliphatic heterocycles. The summed E-state index contributed by atoms with van der Waals surface area (Å²) >= 11 is 2.16. The molecule has 5 N–H and O–H groups in total. The Labute approximate surface area is 243 Å². The van der Waals surface area contributed by atoms with Gasteiger partial charge in [0.2, 0.25) is 17.1 Å². The van der Waals surface area contributed by atoms with Crippen LogP contribution in [-0.2, 0) is 24.0 Å². The van der Waals surface area contributed by atoms with Gasteiger partial charge in [0.1, 0.15) is 35.6 Å². The van der Waals surface area contributed by atoms with Gasteiger partial charge in [-0.2, -0.15) is 9.36 Å². The van der Waals surface area contributed by atoms with E-state index in [4.69, 9.17) is 10.6 Å². The maximum atomic E-state index is 13.3. The van der Waals surface area contributed by atoms with Crippen molar-refractivity contribution in [1.82, 2.24) is 19.6 Å². The van der Waals surface area contributed by atoms with E-state index in [-0.39, 0.29) is 16.7 Å². The molecule has 1 aromatic heterocycles. The van der Waals surface area contributed by atoms with Crippen molar-refractivity contribution in [2.75, 3.05) is 25.1 Å². The quantitative estimate of drug-likeness (QED) is 0.137. The minimum Gasteiger partial charge on any atom is -0.478 e. The zero-order chi connectivity index (χ0) is 29.7. The van der Waals surface area contributed by atoms with Crippen LogP contribution in [-0.4, -0.2) is 94.8 Å². The largest absolute Gasteiger partial charge is 0.478 e. The summed E-state index contributed by atoms with van der Waals surface area (Å²) in [5.74, 6) is -3.84. The number of anilines is 1. The van der Waals surface area contributed by atoms with E-state index in [9.17, 15) is 29.4 Å². The summed E-state index contributed by atoms with van der Waals surface area (Å²) in [6, 6.07) is -1.05. The van der Waals surface area contributed by atoms with E-state index >= 15 is 0 Å². The average Bonchev–Trinajstić information content (AvgIpc) is 3.50. The lowest BCUT2D eigenvalue weighted by molar-refractivity contribution is -0.814. The first-order chi connectivity index (χ1) is 19.3. The van der Waals surface area contributed by atoms with Crippen LogP contribution in [0, 0.1) is 0 Å². The SMILES string of the molecule is CC(C)(O/N=C(\C(=O)N[C@@H]1C(=O)N2C(C(=O)O)=C(C[N+]3(C)C=CC4=C3CCCC4)CS[C@H]12)c1nsc(N)n1)C(=O)O. The normalized spacial score (nSPS) is 26.0. The van der Waals surface area contributed by atoms with Gasteiger partial charge in [0, 0.05) is 40.9 Å². The van der Waals surface area contributed by atoms with E-state index in [1.54, 1.807) is 0 Å². The lowest BCUT2D eigenvalue weighted by Gasteiger charge is -2.49. The van der Waals surface area contributed by atoms with Gasteiger partial charge in [-0.1, -0.05) is 5.16 Å². The van der Waals surface area contributed by atoms with E-state index in [2.05, 4.69) is 39.2 Å². The van der Waals surface area contributed by atoms with Gasteiger partial charge >= 0.3 is 11.9 Å². The molecule has 1 saturated heterocycles. The average molecular weight is 605 g/mol. The number of nitrogen functional groups attached to an aromatic ring is 1. The maximum Gasteiger partial charge on any atom is 0.352 e. The number of allylic oxidation sites excluding steroid dienone is 3. The summed E-state index contributed by atoms with van der Waals surface area (Å²) in [6.07, 6.45) is 8.42. The highest BCUT2D eigenvalue weighted by atomic mass is 32.2. The van der Waals surface area contributed by atoms with Crippen molar-refractivity contribution in [2.24, 2.45) is 5.16 Å². The minimum atomic E-state index is -1.77.